The van der Waals surface area contributed by atoms with Crippen molar-refractivity contribution in [3.8, 4) is 0 Å². The third kappa shape index (κ3) is 5.26. The van der Waals surface area contributed by atoms with E-state index in [1.165, 1.54) is 0 Å². The fourth-order valence-electron chi connectivity index (χ4n) is 3.62. The van der Waals surface area contributed by atoms with Gasteiger partial charge in [-0.25, -0.2) is 13.1 Å². The van der Waals surface area contributed by atoms with E-state index in [4.69, 9.17) is 11.6 Å². The van der Waals surface area contributed by atoms with Gasteiger partial charge in [0.05, 0.1) is 10.4 Å². The minimum atomic E-state index is -3.50. The first-order valence-electron chi connectivity index (χ1n) is 9.63. The van der Waals surface area contributed by atoms with Gasteiger partial charge in [-0.3, -0.25) is 4.98 Å². The fourth-order valence-corrected chi connectivity index (χ4v) is 5.31. The van der Waals surface area contributed by atoms with Crippen LogP contribution in [0.5, 0.6) is 0 Å². The predicted molar refractivity (Wildman–Crippen MR) is 120 cm³/mol. The molecule has 0 aliphatic heterocycles. The molecule has 0 saturated heterocycles. The molecule has 0 saturated carbocycles. The van der Waals surface area contributed by atoms with Crippen LogP contribution in [0.4, 0.5) is 5.69 Å². The second-order valence-electron chi connectivity index (χ2n) is 7.28. The number of aryl methyl sites for hydroxylation is 3. The van der Waals surface area contributed by atoms with Crippen LogP contribution in [0.15, 0.2) is 47.5 Å². The lowest BCUT2D eigenvalue weighted by Crippen LogP contribution is -2.26. The molecule has 1 heterocycles. The molecule has 1 aromatic heterocycles. The largest absolute Gasteiger partial charge is 0.384 e. The number of anilines is 1. The molecule has 5 nitrogen and oxygen atoms in total. The van der Waals surface area contributed by atoms with E-state index in [1.807, 2.05) is 57.2 Å². The maximum atomic E-state index is 12.7. The van der Waals surface area contributed by atoms with Crippen molar-refractivity contribution in [1.82, 2.24) is 9.71 Å². The van der Waals surface area contributed by atoms with Gasteiger partial charge in [-0.2, -0.15) is 0 Å². The lowest BCUT2D eigenvalue weighted by molar-refractivity contribution is 0.576. The second-order valence-corrected chi connectivity index (χ2v) is 9.42. The van der Waals surface area contributed by atoms with Gasteiger partial charge in [-0.15, -0.1) is 0 Å². The van der Waals surface area contributed by atoms with Gasteiger partial charge in [0, 0.05) is 35.4 Å². The van der Waals surface area contributed by atoms with E-state index in [1.54, 1.807) is 6.20 Å². The van der Waals surface area contributed by atoms with E-state index in [0.717, 1.165) is 52.7 Å². The number of nitrogens with one attached hydrogen (secondary N) is 2. The SMILES string of the molecule is Cc1cc(C)c(S(=O)(=O)NCCCCNc2ccnc3cc(Cl)ccc23)c(C)c1. The highest BCUT2D eigenvalue weighted by Gasteiger charge is 2.19. The Morgan fingerprint density at radius 1 is 0.966 bits per heavy atom. The van der Waals surface area contributed by atoms with Crippen molar-refractivity contribution in [2.45, 2.75) is 38.5 Å². The Balaban J connectivity index is 1.52. The first kappa shape index (κ1) is 21.6. The van der Waals surface area contributed by atoms with E-state index in [0.29, 0.717) is 16.5 Å². The number of fused-ring (bicyclic) bond motifs is 1. The molecule has 7 heteroatoms. The lowest BCUT2D eigenvalue weighted by Gasteiger charge is -2.13. The summed E-state index contributed by atoms with van der Waals surface area (Å²) < 4.78 is 28.1. The average molecular weight is 432 g/mol. The summed E-state index contributed by atoms with van der Waals surface area (Å²) in [5, 5.41) is 5.08. The van der Waals surface area contributed by atoms with E-state index < -0.39 is 10.0 Å². The first-order chi connectivity index (χ1) is 13.8. The topological polar surface area (TPSA) is 71.1 Å². The quantitative estimate of drug-likeness (QED) is 0.493. The Bertz CT molecular complexity index is 1110. The molecule has 0 spiro atoms. The molecule has 0 amide bonds. The Kier molecular flexibility index (Phi) is 6.77. The number of rotatable bonds is 8. The fraction of sp³-hybridized carbons (Fsp3) is 0.318. The van der Waals surface area contributed by atoms with Crippen LogP contribution in [-0.4, -0.2) is 26.5 Å². The minimum Gasteiger partial charge on any atom is -0.384 e. The standard InChI is InChI=1S/C22H26ClN3O2S/c1-15-12-16(2)22(17(3)13-15)29(27,28)26-10-5-4-9-24-20-8-11-25-21-14-18(23)6-7-19(20)21/h6-8,11-14,26H,4-5,9-10H2,1-3H3,(H,24,25). The number of nitrogens with zero attached hydrogens (tertiary/aromatic N) is 1. The molecule has 3 rings (SSSR count). The number of benzene rings is 2. The van der Waals surface area contributed by atoms with Crippen molar-refractivity contribution in [3.63, 3.8) is 0 Å². The summed E-state index contributed by atoms with van der Waals surface area (Å²) in [6, 6.07) is 11.4. The highest BCUT2D eigenvalue weighted by atomic mass is 35.5. The van der Waals surface area contributed by atoms with Gasteiger partial charge < -0.3 is 5.32 Å². The maximum Gasteiger partial charge on any atom is 0.241 e. The predicted octanol–water partition coefficient (Wildman–Crippen LogP) is 4.98. The van der Waals surface area contributed by atoms with Crippen LogP contribution in [0.2, 0.25) is 5.02 Å². The van der Waals surface area contributed by atoms with Crippen LogP contribution >= 0.6 is 11.6 Å². The van der Waals surface area contributed by atoms with Crippen LogP contribution in [0.25, 0.3) is 10.9 Å². The van der Waals surface area contributed by atoms with Crippen molar-refractivity contribution >= 4 is 38.2 Å². The van der Waals surface area contributed by atoms with Crippen LogP contribution in [0.3, 0.4) is 0 Å². The molecule has 3 aromatic rings. The van der Waals surface area contributed by atoms with Gasteiger partial charge in [-0.1, -0.05) is 29.3 Å². The average Bonchev–Trinajstić information content (AvgIpc) is 2.63. The Morgan fingerprint density at radius 2 is 1.66 bits per heavy atom. The van der Waals surface area contributed by atoms with Gasteiger partial charge in [0.1, 0.15) is 0 Å². The maximum absolute atomic E-state index is 12.7. The number of unbranched alkanes of at least 4 members (excludes halogenated alkanes) is 1. The monoisotopic (exact) mass is 431 g/mol. The smallest absolute Gasteiger partial charge is 0.241 e. The number of halogens is 1. The van der Waals surface area contributed by atoms with E-state index >= 15 is 0 Å². The van der Waals surface area contributed by atoms with Crippen molar-refractivity contribution in [2.24, 2.45) is 0 Å². The molecule has 0 bridgehead atoms. The molecular weight excluding hydrogens is 406 g/mol. The van der Waals surface area contributed by atoms with Crippen molar-refractivity contribution < 1.29 is 8.42 Å². The van der Waals surface area contributed by atoms with Gasteiger partial charge >= 0.3 is 0 Å². The van der Waals surface area contributed by atoms with E-state index in [9.17, 15) is 8.42 Å². The molecular formula is C22H26ClN3O2S. The van der Waals surface area contributed by atoms with Crippen LogP contribution in [0, 0.1) is 20.8 Å². The molecule has 154 valence electrons. The summed E-state index contributed by atoms with van der Waals surface area (Å²) >= 11 is 6.02. The molecule has 2 N–H and O–H groups in total. The summed E-state index contributed by atoms with van der Waals surface area (Å²) in [4.78, 5) is 4.73. The molecule has 0 fully saturated rings. The van der Waals surface area contributed by atoms with Crippen LogP contribution in [0.1, 0.15) is 29.5 Å². The van der Waals surface area contributed by atoms with Gasteiger partial charge in [0.25, 0.3) is 0 Å². The Morgan fingerprint density at radius 3 is 2.38 bits per heavy atom. The number of aromatic nitrogens is 1. The van der Waals surface area contributed by atoms with E-state index in [2.05, 4.69) is 15.0 Å². The normalized spacial score (nSPS) is 11.7. The van der Waals surface area contributed by atoms with Gasteiger partial charge in [0.2, 0.25) is 10.0 Å². The third-order valence-corrected chi connectivity index (χ3v) is 6.79. The highest BCUT2D eigenvalue weighted by Crippen LogP contribution is 2.24. The first-order valence-corrected chi connectivity index (χ1v) is 11.5. The number of sulfonamides is 1. The van der Waals surface area contributed by atoms with Crippen LogP contribution < -0.4 is 10.0 Å². The molecule has 2 aromatic carbocycles. The number of hydrogen-bond acceptors (Lipinski definition) is 4. The van der Waals surface area contributed by atoms with Crippen molar-refractivity contribution in [3.05, 3.63) is 64.3 Å². The Labute approximate surface area is 177 Å². The summed E-state index contributed by atoms with van der Waals surface area (Å²) in [6.07, 6.45) is 3.33. The van der Waals surface area contributed by atoms with Gasteiger partial charge in [0.15, 0.2) is 0 Å². The molecule has 0 aliphatic rings. The number of hydrogen-bond donors (Lipinski definition) is 2. The molecule has 0 aliphatic carbocycles. The molecule has 29 heavy (non-hydrogen) atoms. The number of pyridine rings is 1. The highest BCUT2D eigenvalue weighted by molar-refractivity contribution is 7.89. The molecule has 0 unspecified atom stereocenters. The summed E-state index contributed by atoms with van der Waals surface area (Å²) in [7, 11) is -3.50. The zero-order chi connectivity index (χ0) is 21.0. The zero-order valence-corrected chi connectivity index (χ0v) is 18.5. The molecule has 0 radical (unpaired) electrons. The summed E-state index contributed by atoms with van der Waals surface area (Å²) in [5.41, 5.74) is 4.47. The van der Waals surface area contributed by atoms with Gasteiger partial charge in [-0.05, 0) is 69.0 Å². The van der Waals surface area contributed by atoms with Crippen molar-refractivity contribution in [1.29, 1.82) is 0 Å². The zero-order valence-electron chi connectivity index (χ0n) is 16.9. The molecule has 0 atom stereocenters. The van der Waals surface area contributed by atoms with Crippen LogP contribution in [-0.2, 0) is 10.0 Å². The minimum absolute atomic E-state index is 0.392. The third-order valence-electron chi connectivity index (χ3n) is 4.79. The summed E-state index contributed by atoms with van der Waals surface area (Å²) in [5.74, 6) is 0. The van der Waals surface area contributed by atoms with E-state index in [-0.39, 0.29) is 0 Å². The second kappa shape index (κ2) is 9.11. The van der Waals surface area contributed by atoms with Crippen molar-refractivity contribution in [2.75, 3.05) is 18.4 Å². The Hall–Kier alpha value is -2.15. The lowest BCUT2D eigenvalue weighted by atomic mass is 10.1. The summed E-state index contributed by atoms with van der Waals surface area (Å²) in [6.45, 7) is 6.79.